The topological polar surface area (TPSA) is 39.1 Å². The molecule has 0 atom stereocenters. The molecule has 0 amide bonds. The van der Waals surface area contributed by atoms with Gasteiger partial charge in [-0.2, -0.15) is 5.26 Å². The number of rotatable bonds is 8. The van der Waals surface area contributed by atoms with Crippen LogP contribution >= 0.6 is 0 Å². The third kappa shape index (κ3) is 5.82. The summed E-state index contributed by atoms with van der Waals surface area (Å²) < 4.78 is 13.2. The zero-order chi connectivity index (χ0) is 14.1. The predicted molar refractivity (Wildman–Crippen MR) is 75.2 cm³/mol. The zero-order valence-electron chi connectivity index (χ0n) is 11.7. The summed E-state index contributed by atoms with van der Waals surface area (Å²) in [5.74, 6) is -0.348. The van der Waals surface area contributed by atoms with Crippen molar-refractivity contribution in [1.82, 2.24) is 10.2 Å². The number of benzene rings is 1. The molecule has 0 aliphatic carbocycles. The number of nitrogens with zero attached hydrogens (tertiary/aromatic N) is 2. The fraction of sp³-hybridized carbons (Fsp3) is 0.533. The number of nitrogens with one attached hydrogen (secondary N) is 1. The highest BCUT2D eigenvalue weighted by Gasteiger charge is 2.01. The molecule has 0 saturated carbocycles. The van der Waals surface area contributed by atoms with Gasteiger partial charge in [-0.3, -0.25) is 0 Å². The number of halogens is 1. The van der Waals surface area contributed by atoms with E-state index in [0.717, 1.165) is 38.2 Å². The van der Waals surface area contributed by atoms with Gasteiger partial charge < -0.3 is 10.2 Å². The maximum atomic E-state index is 13.2. The zero-order valence-corrected chi connectivity index (χ0v) is 11.7. The minimum Gasteiger partial charge on any atom is -0.313 e. The third-order valence-electron chi connectivity index (χ3n) is 3.14. The Balaban J connectivity index is 2.30. The molecule has 4 heteroatoms. The monoisotopic (exact) mass is 263 g/mol. The van der Waals surface area contributed by atoms with Gasteiger partial charge in [0.15, 0.2) is 0 Å². The number of nitriles is 1. The average Bonchev–Trinajstić information content (AvgIpc) is 2.42. The van der Waals surface area contributed by atoms with Gasteiger partial charge >= 0.3 is 0 Å². The molecule has 19 heavy (non-hydrogen) atoms. The van der Waals surface area contributed by atoms with Crippen LogP contribution in [0.2, 0.25) is 0 Å². The summed E-state index contributed by atoms with van der Waals surface area (Å²) in [4.78, 5) is 2.37. The first-order valence-electron chi connectivity index (χ1n) is 6.82. The van der Waals surface area contributed by atoms with Gasteiger partial charge in [-0.1, -0.05) is 13.8 Å². The highest BCUT2D eigenvalue weighted by Crippen LogP contribution is 2.08. The lowest BCUT2D eigenvalue weighted by atomic mass is 10.1. The van der Waals surface area contributed by atoms with Crippen LogP contribution in [0.4, 0.5) is 4.39 Å². The first-order valence-corrected chi connectivity index (χ1v) is 6.82. The maximum absolute atomic E-state index is 13.2. The Kier molecular flexibility index (Phi) is 7.09. The highest BCUT2D eigenvalue weighted by atomic mass is 19.1. The summed E-state index contributed by atoms with van der Waals surface area (Å²) in [7, 11) is 0. The van der Waals surface area contributed by atoms with Crippen LogP contribution in [0.25, 0.3) is 0 Å². The van der Waals surface area contributed by atoms with Gasteiger partial charge in [-0.25, -0.2) is 4.39 Å². The van der Waals surface area contributed by atoms with Crippen molar-refractivity contribution in [1.29, 1.82) is 5.26 Å². The van der Waals surface area contributed by atoms with Gasteiger partial charge in [0.25, 0.3) is 0 Å². The van der Waals surface area contributed by atoms with E-state index < -0.39 is 0 Å². The van der Waals surface area contributed by atoms with E-state index in [1.807, 2.05) is 6.07 Å². The first kappa shape index (κ1) is 15.6. The van der Waals surface area contributed by atoms with E-state index in [0.29, 0.717) is 12.1 Å². The minimum atomic E-state index is -0.348. The van der Waals surface area contributed by atoms with Gasteiger partial charge in [0.2, 0.25) is 0 Å². The summed E-state index contributed by atoms with van der Waals surface area (Å²) in [5.41, 5.74) is 1.19. The van der Waals surface area contributed by atoms with Crippen LogP contribution in [0.15, 0.2) is 18.2 Å². The Morgan fingerprint density at radius 2 is 2.00 bits per heavy atom. The summed E-state index contributed by atoms with van der Waals surface area (Å²) in [5, 5.41) is 12.0. The van der Waals surface area contributed by atoms with Crippen molar-refractivity contribution in [3.63, 3.8) is 0 Å². The lowest BCUT2D eigenvalue weighted by Crippen LogP contribution is -2.27. The minimum absolute atomic E-state index is 0.348. The second-order valence-electron chi connectivity index (χ2n) is 4.52. The average molecular weight is 263 g/mol. The van der Waals surface area contributed by atoms with Crippen molar-refractivity contribution in [2.45, 2.75) is 26.8 Å². The van der Waals surface area contributed by atoms with Gasteiger partial charge in [0.1, 0.15) is 5.82 Å². The molecule has 104 valence electrons. The fourth-order valence-corrected chi connectivity index (χ4v) is 2.02. The van der Waals surface area contributed by atoms with E-state index in [1.165, 1.54) is 12.1 Å². The van der Waals surface area contributed by atoms with Crippen molar-refractivity contribution in [2.24, 2.45) is 0 Å². The predicted octanol–water partition coefficient (Wildman–Crippen LogP) is 2.52. The van der Waals surface area contributed by atoms with Gasteiger partial charge in [-0.15, -0.1) is 0 Å². The second kappa shape index (κ2) is 8.63. The van der Waals surface area contributed by atoms with E-state index >= 15 is 0 Å². The number of hydrogen-bond donors (Lipinski definition) is 1. The van der Waals surface area contributed by atoms with Crippen molar-refractivity contribution in [3.05, 3.63) is 35.1 Å². The Hall–Kier alpha value is -1.44. The molecule has 0 saturated heterocycles. The highest BCUT2D eigenvalue weighted by molar-refractivity contribution is 5.33. The summed E-state index contributed by atoms with van der Waals surface area (Å²) >= 11 is 0. The van der Waals surface area contributed by atoms with Crippen LogP contribution in [0, 0.1) is 17.1 Å². The Labute approximate surface area is 115 Å². The summed E-state index contributed by atoms with van der Waals surface area (Å²) in [6.07, 6.45) is 1.07. The molecule has 0 aliphatic heterocycles. The van der Waals surface area contributed by atoms with Gasteiger partial charge in [0, 0.05) is 6.54 Å². The molecular weight excluding hydrogens is 241 g/mol. The van der Waals surface area contributed by atoms with E-state index in [-0.39, 0.29) is 5.82 Å². The first-order chi connectivity index (χ1) is 9.19. The van der Waals surface area contributed by atoms with Crippen molar-refractivity contribution >= 4 is 0 Å². The van der Waals surface area contributed by atoms with Crippen LogP contribution in [0.5, 0.6) is 0 Å². The molecule has 1 aromatic rings. The van der Waals surface area contributed by atoms with Crippen LogP contribution in [0.1, 0.15) is 31.4 Å². The van der Waals surface area contributed by atoms with Crippen LogP contribution < -0.4 is 5.32 Å². The molecule has 0 fully saturated rings. The lowest BCUT2D eigenvalue weighted by Gasteiger charge is -2.17. The van der Waals surface area contributed by atoms with Crippen molar-refractivity contribution in [3.8, 4) is 6.07 Å². The van der Waals surface area contributed by atoms with Gasteiger partial charge in [-0.05, 0) is 56.4 Å². The normalized spacial score (nSPS) is 10.7. The third-order valence-corrected chi connectivity index (χ3v) is 3.14. The van der Waals surface area contributed by atoms with E-state index in [9.17, 15) is 4.39 Å². The summed E-state index contributed by atoms with van der Waals surface area (Å²) in [6, 6.07) is 6.41. The lowest BCUT2D eigenvalue weighted by molar-refractivity contribution is 0.298. The molecule has 0 aliphatic rings. The van der Waals surface area contributed by atoms with Crippen LogP contribution in [0.3, 0.4) is 0 Å². The number of hydrogen-bond acceptors (Lipinski definition) is 3. The Morgan fingerprint density at radius 1 is 1.26 bits per heavy atom. The van der Waals surface area contributed by atoms with Crippen molar-refractivity contribution in [2.75, 3.05) is 26.2 Å². The molecule has 1 N–H and O–H groups in total. The molecule has 0 bridgehead atoms. The van der Waals surface area contributed by atoms with Crippen molar-refractivity contribution < 1.29 is 4.39 Å². The van der Waals surface area contributed by atoms with Crippen LogP contribution in [-0.2, 0) is 6.54 Å². The van der Waals surface area contributed by atoms with E-state index in [1.54, 1.807) is 6.07 Å². The maximum Gasteiger partial charge on any atom is 0.124 e. The molecule has 1 rings (SSSR count). The quantitative estimate of drug-likeness (QED) is 0.733. The van der Waals surface area contributed by atoms with E-state index in [4.69, 9.17) is 5.26 Å². The van der Waals surface area contributed by atoms with Gasteiger partial charge in [0.05, 0.1) is 11.6 Å². The van der Waals surface area contributed by atoms with Crippen LogP contribution in [-0.4, -0.2) is 31.1 Å². The molecule has 0 aromatic heterocycles. The molecule has 0 unspecified atom stereocenters. The fourth-order valence-electron chi connectivity index (χ4n) is 2.02. The second-order valence-corrected chi connectivity index (χ2v) is 4.52. The molecule has 1 aromatic carbocycles. The largest absolute Gasteiger partial charge is 0.313 e. The molecule has 0 heterocycles. The molecule has 0 radical (unpaired) electrons. The SMILES string of the molecule is CCN(CC)CCCNCc1cc(F)cc(C#N)c1. The molecule has 3 nitrogen and oxygen atoms in total. The smallest absolute Gasteiger partial charge is 0.124 e. The molecule has 0 spiro atoms. The molecular formula is C15H22FN3. The Bertz CT molecular complexity index is 422. The standard InChI is InChI=1S/C15H22FN3/c1-3-19(4-2)7-5-6-18-12-14-8-13(11-17)9-15(16)10-14/h8-10,18H,3-7,12H2,1-2H3. The summed E-state index contributed by atoms with van der Waals surface area (Å²) in [6.45, 7) is 9.05. The van der Waals surface area contributed by atoms with E-state index in [2.05, 4.69) is 24.1 Å². The Morgan fingerprint density at radius 3 is 2.63 bits per heavy atom.